The van der Waals surface area contributed by atoms with Gasteiger partial charge in [-0.3, -0.25) is 9.59 Å². The summed E-state index contributed by atoms with van der Waals surface area (Å²) in [5.74, 6) is 0.877. The zero-order chi connectivity index (χ0) is 24.9. The molecule has 35 heavy (non-hydrogen) atoms. The Morgan fingerprint density at radius 3 is 2.54 bits per heavy atom. The van der Waals surface area contributed by atoms with E-state index in [1.165, 1.54) is 12.0 Å². The van der Waals surface area contributed by atoms with E-state index in [0.29, 0.717) is 41.3 Å². The summed E-state index contributed by atoms with van der Waals surface area (Å²) in [5, 5.41) is 17.7. The minimum atomic E-state index is -0.856. The Balaban J connectivity index is 1.40. The van der Waals surface area contributed by atoms with Gasteiger partial charge in [0.25, 0.3) is 0 Å². The Morgan fingerprint density at radius 2 is 1.91 bits per heavy atom. The number of aryl methyl sites for hydroxylation is 1. The maximum absolute atomic E-state index is 13.4. The van der Waals surface area contributed by atoms with Gasteiger partial charge in [-0.1, -0.05) is 36.7 Å². The van der Waals surface area contributed by atoms with Gasteiger partial charge in [0, 0.05) is 23.3 Å². The minimum Gasteiger partial charge on any atom is -0.481 e. The predicted molar refractivity (Wildman–Crippen MR) is 135 cm³/mol. The molecule has 5 rings (SSSR count). The van der Waals surface area contributed by atoms with Gasteiger partial charge in [-0.2, -0.15) is 0 Å². The van der Waals surface area contributed by atoms with Crippen molar-refractivity contribution in [2.45, 2.75) is 83.5 Å². The van der Waals surface area contributed by atoms with Gasteiger partial charge in [0.1, 0.15) is 5.76 Å². The van der Waals surface area contributed by atoms with Crippen LogP contribution >= 0.6 is 11.6 Å². The molecule has 1 heterocycles. The molecule has 3 atom stereocenters. The highest BCUT2D eigenvalue weighted by atomic mass is 35.5. The number of aliphatic carboxylic acids is 1. The molecule has 1 amide bonds. The van der Waals surface area contributed by atoms with E-state index in [4.69, 9.17) is 16.1 Å². The molecule has 3 saturated carbocycles. The minimum absolute atomic E-state index is 0.198. The van der Waals surface area contributed by atoms with Crippen molar-refractivity contribution in [2.24, 2.45) is 23.7 Å². The normalized spacial score (nSPS) is 28.2. The number of halogens is 1. The van der Waals surface area contributed by atoms with Crippen LogP contribution in [0.1, 0.15) is 99.1 Å². The average Bonchev–Trinajstić information content (AvgIpc) is 3.35. The number of carboxylic acid groups (broad SMARTS) is 1. The topological polar surface area (TPSA) is 92.4 Å². The lowest BCUT2D eigenvalue weighted by molar-refractivity contribution is -0.141. The molecule has 1 aromatic heterocycles. The van der Waals surface area contributed by atoms with E-state index in [-0.39, 0.29) is 11.8 Å². The lowest BCUT2D eigenvalue weighted by Crippen LogP contribution is -2.26. The molecule has 1 unspecified atom stereocenters. The third kappa shape index (κ3) is 5.00. The highest BCUT2D eigenvalue weighted by Gasteiger charge is 2.48. The highest BCUT2D eigenvalue weighted by Crippen LogP contribution is 2.55. The molecule has 7 heteroatoms. The van der Waals surface area contributed by atoms with Crippen molar-refractivity contribution >= 4 is 29.2 Å². The second-order valence-electron chi connectivity index (χ2n) is 11.5. The van der Waals surface area contributed by atoms with E-state index < -0.39 is 17.8 Å². The van der Waals surface area contributed by atoms with Gasteiger partial charge in [0.15, 0.2) is 0 Å². The van der Waals surface area contributed by atoms with Crippen molar-refractivity contribution in [1.82, 2.24) is 5.16 Å². The lowest BCUT2D eigenvalue weighted by Gasteiger charge is -2.35. The number of nitrogens with zero attached hydrogens (tertiary/aromatic N) is 1. The van der Waals surface area contributed by atoms with Crippen LogP contribution in [-0.2, 0) is 9.59 Å². The van der Waals surface area contributed by atoms with Gasteiger partial charge < -0.3 is 14.9 Å². The molecular weight excluding hydrogens is 464 g/mol. The number of rotatable bonds is 8. The summed E-state index contributed by atoms with van der Waals surface area (Å²) < 4.78 is 5.99. The van der Waals surface area contributed by atoms with Gasteiger partial charge in [0.2, 0.25) is 5.91 Å². The number of amides is 1. The Labute approximate surface area is 211 Å². The Hall–Kier alpha value is -2.34. The molecular formula is C28H35ClN2O4. The fourth-order valence-electron chi connectivity index (χ4n) is 6.25. The van der Waals surface area contributed by atoms with Gasteiger partial charge in [-0.25, -0.2) is 0 Å². The number of aromatic nitrogens is 1. The maximum atomic E-state index is 13.4. The van der Waals surface area contributed by atoms with E-state index in [1.807, 2.05) is 19.1 Å². The summed E-state index contributed by atoms with van der Waals surface area (Å²) >= 11 is 6.36. The summed E-state index contributed by atoms with van der Waals surface area (Å²) in [7, 11) is 0. The molecule has 0 saturated heterocycles. The van der Waals surface area contributed by atoms with Crippen molar-refractivity contribution in [3.8, 4) is 0 Å². The first-order valence-corrected chi connectivity index (χ1v) is 13.4. The summed E-state index contributed by atoms with van der Waals surface area (Å²) in [4.78, 5) is 25.4. The van der Waals surface area contributed by atoms with Gasteiger partial charge >= 0.3 is 5.97 Å². The number of carbonyl (C=O) groups is 2. The molecule has 3 fully saturated rings. The number of nitrogens with one attached hydrogen (secondary N) is 1. The van der Waals surface area contributed by atoms with E-state index in [9.17, 15) is 14.7 Å². The second kappa shape index (κ2) is 9.61. The zero-order valence-electron chi connectivity index (χ0n) is 20.7. The molecule has 3 aliphatic rings. The van der Waals surface area contributed by atoms with Gasteiger partial charge in [-0.15, -0.1) is 0 Å². The molecule has 0 radical (unpaired) electrons. The predicted octanol–water partition coefficient (Wildman–Crippen LogP) is 6.89. The van der Waals surface area contributed by atoms with Crippen LogP contribution in [0.15, 0.2) is 22.7 Å². The van der Waals surface area contributed by atoms with Crippen molar-refractivity contribution in [3.63, 3.8) is 0 Å². The van der Waals surface area contributed by atoms with E-state index >= 15 is 0 Å². The van der Waals surface area contributed by atoms with Gasteiger partial charge in [0.05, 0.1) is 22.3 Å². The largest absolute Gasteiger partial charge is 0.481 e. The third-order valence-electron chi connectivity index (χ3n) is 8.16. The quantitative estimate of drug-likeness (QED) is 0.413. The summed E-state index contributed by atoms with van der Waals surface area (Å²) in [6.45, 7) is 6.48. The number of hydrogen-bond acceptors (Lipinski definition) is 4. The van der Waals surface area contributed by atoms with Crippen LogP contribution in [0, 0.1) is 30.6 Å². The third-order valence-corrected chi connectivity index (χ3v) is 8.48. The number of hydrogen-bond donors (Lipinski definition) is 2. The standard InChI is InChI=1S/C28H35ClN2O4/c1-14(2)8-16-10-18(11-16)26-24(17-5-6-17)25(31-35-26)20-12-19(28(33)34)13-21(20)27(32)30-23-7-4-15(3)9-22(23)29/h4,7,9,14,16-21H,5-6,8,10-13H2,1-3H3,(H,30,32)(H,33,34)/t16-,18-,19?,20-,21-/m1/s1. The molecule has 1 aromatic carbocycles. The van der Waals surface area contributed by atoms with Gasteiger partial charge in [-0.05, 0) is 87.3 Å². The first-order valence-electron chi connectivity index (χ1n) is 13.0. The number of carbonyl (C=O) groups excluding carboxylic acids is 1. The summed E-state index contributed by atoms with van der Waals surface area (Å²) in [6, 6.07) is 5.50. The molecule has 0 aliphatic heterocycles. The smallest absolute Gasteiger partial charge is 0.306 e. The van der Waals surface area contributed by atoms with Crippen LogP contribution in [0.25, 0.3) is 0 Å². The van der Waals surface area contributed by atoms with Crippen LogP contribution in [0.3, 0.4) is 0 Å². The number of benzene rings is 1. The van der Waals surface area contributed by atoms with Crippen molar-refractivity contribution in [2.75, 3.05) is 5.32 Å². The molecule has 2 N–H and O–H groups in total. The van der Waals surface area contributed by atoms with Crippen LogP contribution in [0.5, 0.6) is 0 Å². The van der Waals surface area contributed by atoms with E-state index in [2.05, 4.69) is 24.3 Å². The van der Waals surface area contributed by atoms with Crippen LogP contribution in [0.4, 0.5) is 5.69 Å². The second-order valence-corrected chi connectivity index (χ2v) is 11.9. The average molecular weight is 499 g/mol. The Bertz CT molecular complexity index is 1120. The summed E-state index contributed by atoms with van der Waals surface area (Å²) in [5.41, 5.74) is 3.57. The van der Waals surface area contributed by atoms with Crippen LogP contribution in [0.2, 0.25) is 5.02 Å². The molecule has 188 valence electrons. The molecule has 6 nitrogen and oxygen atoms in total. The Morgan fingerprint density at radius 1 is 1.17 bits per heavy atom. The molecule has 0 bridgehead atoms. The summed E-state index contributed by atoms with van der Waals surface area (Å²) in [6.07, 6.45) is 6.41. The SMILES string of the molecule is Cc1ccc(NC(=O)[C@@H]2CC(C(=O)O)C[C@H]2c2noc([C@H]3C[C@H](CC(C)C)C3)c2C2CC2)c(Cl)c1. The van der Waals surface area contributed by atoms with E-state index in [0.717, 1.165) is 48.6 Å². The Kier molecular flexibility index (Phi) is 6.69. The van der Waals surface area contributed by atoms with Crippen molar-refractivity contribution in [1.29, 1.82) is 0 Å². The fraction of sp³-hybridized carbons (Fsp3) is 0.607. The molecule has 3 aliphatic carbocycles. The van der Waals surface area contributed by atoms with Crippen LogP contribution < -0.4 is 5.32 Å². The first kappa shape index (κ1) is 24.4. The first-order chi connectivity index (χ1) is 16.7. The molecule has 2 aromatic rings. The lowest BCUT2D eigenvalue weighted by atomic mass is 9.69. The number of anilines is 1. The monoisotopic (exact) mass is 498 g/mol. The van der Waals surface area contributed by atoms with Crippen LogP contribution in [-0.4, -0.2) is 22.1 Å². The molecule has 0 spiro atoms. The highest BCUT2D eigenvalue weighted by molar-refractivity contribution is 6.33. The zero-order valence-corrected chi connectivity index (χ0v) is 21.5. The maximum Gasteiger partial charge on any atom is 0.306 e. The van der Waals surface area contributed by atoms with E-state index in [1.54, 1.807) is 6.07 Å². The van der Waals surface area contributed by atoms with Crippen molar-refractivity contribution < 1.29 is 19.2 Å². The number of carboxylic acids is 1. The van der Waals surface area contributed by atoms with Crippen molar-refractivity contribution in [3.05, 3.63) is 45.8 Å². The fourth-order valence-corrected chi connectivity index (χ4v) is 6.54.